The van der Waals surface area contributed by atoms with E-state index in [2.05, 4.69) is 5.32 Å². The SMILES string of the molecule is O=C(CNc1cc2c(cc1Cl)OCCO2)N(c1ccccc1)[C@H]1CCS(=O)(=O)C1. The first kappa shape index (κ1) is 19.8. The maximum absolute atomic E-state index is 13.1. The molecule has 1 amide bonds. The van der Waals surface area contributed by atoms with Crippen molar-refractivity contribution in [1.29, 1.82) is 0 Å². The van der Waals surface area contributed by atoms with Crippen LogP contribution in [0.3, 0.4) is 0 Å². The van der Waals surface area contributed by atoms with E-state index in [1.807, 2.05) is 18.2 Å². The topological polar surface area (TPSA) is 84.9 Å². The van der Waals surface area contributed by atoms with Crippen LogP contribution in [0.15, 0.2) is 42.5 Å². The van der Waals surface area contributed by atoms with Crippen molar-refractivity contribution < 1.29 is 22.7 Å². The van der Waals surface area contributed by atoms with Crippen molar-refractivity contribution in [2.75, 3.05) is 41.5 Å². The molecule has 0 aromatic heterocycles. The molecule has 1 fully saturated rings. The number of carbonyl (C=O) groups excluding carboxylic acids is 1. The number of sulfone groups is 1. The standard InChI is InChI=1S/C20H21ClN2O5S/c21-16-10-18-19(28-8-7-27-18)11-17(16)22-12-20(24)23(14-4-2-1-3-5-14)15-6-9-29(25,26)13-15/h1-5,10-11,15,22H,6-9,12-13H2/t15-/m0/s1. The molecule has 9 heteroatoms. The van der Waals surface area contributed by atoms with Crippen LogP contribution in [0.25, 0.3) is 0 Å². The van der Waals surface area contributed by atoms with E-state index >= 15 is 0 Å². The van der Waals surface area contributed by atoms with E-state index in [0.717, 1.165) is 0 Å². The van der Waals surface area contributed by atoms with Gasteiger partial charge in [-0.05, 0) is 18.6 Å². The molecular weight excluding hydrogens is 416 g/mol. The van der Waals surface area contributed by atoms with Gasteiger partial charge in [0.05, 0.1) is 34.8 Å². The van der Waals surface area contributed by atoms with Crippen LogP contribution in [0.4, 0.5) is 11.4 Å². The molecule has 0 saturated carbocycles. The molecule has 0 spiro atoms. The smallest absolute Gasteiger partial charge is 0.246 e. The summed E-state index contributed by atoms with van der Waals surface area (Å²) in [5, 5.41) is 3.46. The first-order valence-electron chi connectivity index (χ1n) is 9.33. The van der Waals surface area contributed by atoms with Gasteiger partial charge in [-0.2, -0.15) is 0 Å². The zero-order valence-electron chi connectivity index (χ0n) is 15.6. The largest absolute Gasteiger partial charge is 0.486 e. The van der Waals surface area contributed by atoms with Crippen LogP contribution < -0.4 is 19.7 Å². The second-order valence-corrected chi connectivity index (χ2v) is 9.62. The van der Waals surface area contributed by atoms with Crippen LogP contribution in [0.2, 0.25) is 5.02 Å². The summed E-state index contributed by atoms with van der Waals surface area (Å²) in [6.07, 6.45) is 0.424. The highest BCUT2D eigenvalue weighted by Crippen LogP contribution is 2.38. The molecule has 1 N–H and O–H groups in total. The summed E-state index contributed by atoms with van der Waals surface area (Å²) in [6, 6.07) is 12.1. The Hall–Kier alpha value is -2.45. The van der Waals surface area contributed by atoms with E-state index in [1.165, 1.54) is 0 Å². The monoisotopic (exact) mass is 436 g/mol. The fourth-order valence-electron chi connectivity index (χ4n) is 3.58. The van der Waals surface area contributed by atoms with Gasteiger partial charge in [0.2, 0.25) is 5.91 Å². The number of rotatable bonds is 5. The lowest BCUT2D eigenvalue weighted by Gasteiger charge is -2.29. The number of amides is 1. The lowest BCUT2D eigenvalue weighted by atomic mass is 10.1. The number of nitrogens with zero attached hydrogens (tertiary/aromatic N) is 1. The van der Waals surface area contributed by atoms with Gasteiger partial charge in [-0.15, -0.1) is 0 Å². The number of nitrogens with one attached hydrogen (secondary N) is 1. The Morgan fingerprint density at radius 1 is 1.14 bits per heavy atom. The molecule has 4 rings (SSSR count). The van der Waals surface area contributed by atoms with E-state index in [9.17, 15) is 13.2 Å². The minimum absolute atomic E-state index is 0.0294. The molecule has 0 radical (unpaired) electrons. The zero-order chi connectivity index (χ0) is 20.4. The number of anilines is 2. The van der Waals surface area contributed by atoms with Crippen molar-refractivity contribution in [3.8, 4) is 11.5 Å². The Kier molecular flexibility index (Phi) is 5.56. The fraction of sp³-hybridized carbons (Fsp3) is 0.350. The maximum atomic E-state index is 13.1. The van der Waals surface area contributed by atoms with Gasteiger partial charge in [0.1, 0.15) is 13.2 Å². The number of fused-ring (bicyclic) bond motifs is 1. The van der Waals surface area contributed by atoms with Crippen molar-refractivity contribution in [1.82, 2.24) is 0 Å². The molecule has 2 aromatic rings. The number of carbonyl (C=O) groups is 1. The number of para-hydroxylation sites is 1. The first-order valence-corrected chi connectivity index (χ1v) is 11.5. The normalized spacial score (nSPS) is 19.6. The fourth-order valence-corrected chi connectivity index (χ4v) is 5.50. The van der Waals surface area contributed by atoms with Crippen LogP contribution in [0.5, 0.6) is 11.5 Å². The van der Waals surface area contributed by atoms with Crippen LogP contribution in [-0.4, -0.2) is 51.6 Å². The third kappa shape index (κ3) is 4.43. The van der Waals surface area contributed by atoms with Crippen molar-refractivity contribution in [2.45, 2.75) is 12.5 Å². The van der Waals surface area contributed by atoms with Crippen LogP contribution in [0, 0.1) is 0 Å². The highest BCUT2D eigenvalue weighted by molar-refractivity contribution is 7.91. The minimum atomic E-state index is -3.13. The van der Waals surface area contributed by atoms with Crippen molar-refractivity contribution in [3.05, 3.63) is 47.5 Å². The van der Waals surface area contributed by atoms with Gasteiger partial charge in [0.15, 0.2) is 21.3 Å². The third-order valence-electron chi connectivity index (χ3n) is 4.94. The van der Waals surface area contributed by atoms with E-state index < -0.39 is 9.84 Å². The average molecular weight is 437 g/mol. The Morgan fingerprint density at radius 3 is 2.48 bits per heavy atom. The maximum Gasteiger partial charge on any atom is 0.246 e. The molecule has 1 saturated heterocycles. The number of hydrogen-bond acceptors (Lipinski definition) is 6. The molecule has 2 aliphatic heterocycles. The summed E-state index contributed by atoms with van der Waals surface area (Å²) < 4.78 is 35.0. The van der Waals surface area contributed by atoms with Crippen molar-refractivity contribution in [2.24, 2.45) is 0 Å². The van der Waals surface area contributed by atoms with Gasteiger partial charge < -0.3 is 19.7 Å². The molecule has 29 heavy (non-hydrogen) atoms. The molecule has 2 heterocycles. The third-order valence-corrected chi connectivity index (χ3v) is 7.00. The van der Waals surface area contributed by atoms with Crippen LogP contribution in [0.1, 0.15) is 6.42 Å². The highest BCUT2D eigenvalue weighted by atomic mass is 35.5. The number of halogens is 1. The van der Waals surface area contributed by atoms with Gasteiger partial charge >= 0.3 is 0 Å². The predicted molar refractivity (Wildman–Crippen MR) is 112 cm³/mol. The summed E-state index contributed by atoms with van der Waals surface area (Å²) >= 11 is 6.30. The minimum Gasteiger partial charge on any atom is -0.486 e. The summed E-state index contributed by atoms with van der Waals surface area (Å²) in [5.41, 5.74) is 1.23. The van der Waals surface area contributed by atoms with Crippen molar-refractivity contribution >= 4 is 38.7 Å². The van der Waals surface area contributed by atoms with Crippen LogP contribution >= 0.6 is 11.6 Å². The van der Waals surface area contributed by atoms with Gasteiger partial charge in [0.25, 0.3) is 0 Å². The Balaban J connectivity index is 1.53. The Labute approximate surface area is 174 Å². The second kappa shape index (κ2) is 8.12. The molecule has 0 aliphatic carbocycles. The highest BCUT2D eigenvalue weighted by Gasteiger charge is 2.35. The van der Waals surface area contributed by atoms with E-state index in [0.29, 0.717) is 47.5 Å². The lowest BCUT2D eigenvalue weighted by molar-refractivity contribution is -0.117. The van der Waals surface area contributed by atoms with Crippen LogP contribution in [-0.2, 0) is 14.6 Å². The average Bonchev–Trinajstić information content (AvgIpc) is 3.06. The summed E-state index contributed by atoms with van der Waals surface area (Å²) in [7, 11) is -3.13. The molecule has 2 aromatic carbocycles. The van der Waals surface area contributed by atoms with E-state index in [4.69, 9.17) is 21.1 Å². The molecule has 0 unspecified atom stereocenters. The Bertz CT molecular complexity index is 1010. The molecular formula is C20H21ClN2O5S. The van der Waals surface area contributed by atoms with Gasteiger partial charge in [0, 0.05) is 17.8 Å². The summed E-state index contributed by atoms with van der Waals surface area (Å²) in [5.74, 6) is 0.968. The number of hydrogen-bond donors (Lipinski definition) is 1. The van der Waals surface area contributed by atoms with Crippen molar-refractivity contribution in [3.63, 3.8) is 0 Å². The van der Waals surface area contributed by atoms with Gasteiger partial charge in [-0.3, -0.25) is 4.79 Å². The number of ether oxygens (including phenoxy) is 2. The summed E-state index contributed by atoms with van der Waals surface area (Å²) in [6.45, 7) is 0.876. The molecule has 154 valence electrons. The van der Waals surface area contributed by atoms with E-state index in [1.54, 1.807) is 29.2 Å². The number of benzene rings is 2. The summed E-state index contributed by atoms with van der Waals surface area (Å²) in [4.78, 5) is 14.7. The second-order valence-electron chi connectivity index (χ2n) is 6.99. The molecule has 2 aliphatic rings. The molecule has 0 bridgehead atoms. The first-order chi connectivity index (χ1) is 13.9. The quantitative estimate of drug-likeness (QED) is 0.775. The van der Waals surface area contributed by atoms with Gasteiger partial charge in [-0.1, -0.05) is 29.8 Å². The lowest BCUT2D eigenvalue weighted by Crippen LogP contribution is -2.44. The van der Waals surface area contributed by atoms with E-state index in [-0.39, 0.29) is 30.0 Å². The molecule has 7 nitrogen and oxygen atoms in total. The Morgan fingerprint density at radius 2 is 1.83 bits per heavy atom. The molecule has 1 atom stereocenters. The zero-order valence-corrected chi connectivity index (χ0v) is 17.2. The van der Waals surface area contributed by atoms with Gasteiger partial charge in [-0.25, -0.2) is 8.42 Å². The predicted octanol–water partition coefficient (Wildman–Crippen LogP) is 2.74.